The van der Waals surface area contributed by atoms with Gasteiger partial charge in [0, 0.05) is 26.2 Å². The fourth-order valence-corrected chi connectivity index (χ4v) is 0. The zero-order valence-corrected chi connectivity index (χ0v) is 22.6. The van der Waals surface area contributed by atoms with Crippen molar-refractivity contribution in [3.8, 4) is 0 Å². The predicted octanol–water partition coefficient (Wildman–Crippen LogP) is -2.35. The Morgan fingerprint density at radius 2 is 0.591 bits per heavy atom. The van der Waals surface area contributed by atoms with E-state index in [1.165, 1.54) is 0 Å². The van der Waals surface area contributed by atoms with Gasteiger partial charge < -0.3 is 47.7 Å². The van der Waals surface area contributed by atoms with Crippen molar-refractivity contribution in [2.24, 2.45) is 22.9 Å². The van der Waals surface area contributed by atoms with Crippen LogP contribution in [0.4, 0.5) is 0 Å². The quantitative estimate of drug-likeness (QED) is 0.256. The maximum atomic E-state index is 4.90. The summed E-state index contributed by atoms with van der Waals surface area (Å²) in [5.41, 5.74) is 19.6. The molecule has 0 heterocycles. The molecule has 0 spiro atoms. The molecule has 0 aromatic heterocycles. The van der Waals surface area contributed by atoms with Crippen molar-refractivity contribution in [3.63, 3.8) is 0 Å². The maximum Gasteiger partial charge on any atom is -1.00 e. The standard InChI is InChI=1S/2C2H8N2.10CH3.2ClH.2Pt/c2*3-1-2-4;;;;;;;;;;;;;;/h2*1-4H2;10*1H3;2*1H;;/q;;;;;;;;;;;;;;;+2/p-2. The Balaban J connectivity index is -0.0000000387. The van der Waals surface area contributed by atoms with Crippen LogP contribution in [0.15, 0.2) is 0 Å². The van der Waals surface area contributed by atoms with Crippen LogP contribution in [0.2, 0.25) is 53.1 Å². The molecule has 0 aromatic carbocycles. The third-order valence-electron chi connectivity index (χ3n) is 0.333. The normalized spacial score (nSPS) is 13.5. The van der Waals surface area contributed by atoms with Crippen LogP contribution in [0.25, 0.3) is 0 Å². The van der Waals surface area contributed by atoms with E-state index in [9.17, 15) is 0 Å². The molecule has 4 nitrogen and oxygen atoms in total. The van der Waals surface area contributed by atoms with Gasteiger partial charge in [0.15, 0.2) is 0 Å². The fourth-order valence-electron chi connectivity index (χ4n) is 0. The van der Waals surface area contributed by atoms with Crippen LogP contribution in [0.3, 0.4) is 0 Å². The Kier molecular flexibility index (Phi) is 26.8. The Morgan fingerprint density at radius 3 is 0.591 bits per heavy atom. The van der Waals surface area contributed by atoms with Crippen LogP contribution in [-0.2, 0) is 29.6 Å². The second-order valence-electron chi connectivity index (χ2n) is 7.80. The van der Waals surface area contributed by atoms with E-state index in [1.54, 1.807) is 0 Å². The summed E-state index contributed by atoms with van der Waals surface area (Å²) in [4.78, 5) is 0. The van der Waals surface area contributed by atoms with Crippen molar-refractivity contribution >= 4 is 0 Å². The van der Waals surface area contributed by atoms with Gasteiger partial charge in [0.25, 0.3) is 0 Å². The summed E-state index contributed by atoms with van der Waals surface area (Å²) in [5, 5.41) is 23.9. The van der Waals surface area contributed by atoms with E-state index < -0.39 is 29.6 Å². The van der Waals surface area contributed by atoms with Crippen molar-refractivity contribution in [1.29, 1.82) is 0 Å². The minimum atomic E-state index is -2.12. The number of nitrogens with two attached hydrogens (primary N) is 4. The maximum absolute atomic E-state index is 4.90. The predicted molar refractivity (Wildman–Crippen MR) is 94.9 cm³/mol. The molecule has 0 saturated carbocycles. The monoisotopic (exact) mass is 730 g/mol. The fraction of sp³-hybridized carbons (Fsp3) is 1.00. The zero-order chi connectivity index (χ0) is 17.7. The summed E-state index contributed by atoms with van der Waals surface area (Å²) in [6.07, 6.45) is 0. The molecule has 0 aromatic rings. The Morgan fingerprint density at radius 1 is 0.545 bits per heavy atom. The number of halogens is 2. The first-order valence-electron chi connectivity index (χ1n) is 5.80. The molecule has 156 valence electrons. The van der Waals surface area contributed by atoms with Crippen LogP contribution in [0.1, 0.15) is 0 Å². The molecule has 8 N–H and O–H groups in total. The van der Waals surface area contributed by atoms with Gasteiger partial charge in [-0.25, -0.2) is 0 Å². The molecule has 22 heavy (non-hydrogen) atoms. The summed E-state index contributed by atoms with van der Waals surface area (Å²) >= 11 is -3.06. The molecular weight excluding hydrogens is 685 g/mol. The average molecular weight is 732 g/mol. The van der Waals surface area contributed by atoms with Gasteiger partial charge in [0.1, 0.15) is 0 Å². The molecule has 0 fully saturated rings. The van der Waals surface area contributed by atoms with E-state index in [1.807, 2.05) is 0 Å². The molecule has 0 saturated heterocycles. The van der Waals surface area contributed by atoms with E-state index >= 15 is 0 Å². The molecule has 0 aliphatic rings. The Hall–Kier alpha value is 1.80. The molecule has 0 aliphatic heterocycles. The van der Waals surface area contributed by atoms with Crippen molar-refractivity contribution in [2.75, 3.05) is 26.2 Å². The number of hydrogen-bond acceptors (Lipinski definition) is 4. The molecule has 0 rings (SSSR count). The molecule has 0 radical (unpaired) electrons. The van der Waals surface area contributed by atoms with E-state index in [2.05, 4.69) is 53.1 Å². The van der Waals surface area contributed by atoms with Crippen molar-refractivity contribution in [1.82, 2.24) is 0 Å². The third kappa shape index (κ3) is 654. The summed E-state index contributed by atoms with van der Waals surface area (Å²) in [7, 11) is 0. The van der Waals surface area contributed by atoms with Crippen LogP contribution in [-0.4, -0.2) is 26.2 Å². The summed E-state index contributed by atoms with van der Waals surface area (Å²) in [6.45, 7) is 2.39. The molecule has 0 amide bonds. The van der Waals surface area contributed by atoms with Gasteiger partial charge >= 0.3 is 82.7 Å². The molecule has 8 heteroatoms. The summed E-state index contributed by atoms with van der Waals surface area (Å²) in [6, 6.07) is 0. The molecule has 0 atom stereocenters. The van der Waals surface area contributed by atoms with Gasteiger partial charge in [-0.05, 0) is 0 Å². The summed E-state index contributed by atoms with van der Waals surface area (Å²) < 4.78 is 0. The van der Waals surface area contributed by atoms with Crippen molar-refractivity contribution < 1.29 is 54.4 Å². The number of rotatable bonds is 2. The van der Waals surface area contributed by atoms with E-state index in [0.717, 1.165) is 0 Å². The van der Waals surface area contributed by atoms with Gasteiger partial charge in [-0.3, -0.25) is 0 Å². The second kappa shape index (κ2) is 15.1. The van der Waals surface area contributed by atoms with E-state index in [4.69, 9.17) is 22.9 Å². The van der Waals surface area contributed by atoms with E-state index in [-0.39, 0.29) is 24.8 Å². The van der Waals surface area contributed by atoms with Crippen molar-refractivity contribution in [2.45, 2.75) is 53.1 Å². The largest absolute Gasteiger partial charge is 1.00 e. The smallest absolute Gasteiger partial charge is 1.00 e. The first-order chi connectivity index (χ1) is 8.28. The van der Waals surface area contributed by atoms with Crippen molar-refractivity contribution in [3.05, 3.63) is 0 Å². The Labute approximate surface area is 155 Å². The zero-order valence-electron chi connectivity index (χ0n) is 16.5. The first kappa shape index (κ1) is 39.0. The SMILES string of the molecule is NCCN.NCCN.[CH3][Pt+2]([CH3])([CH3])([CH3])([CH3])[CH3].[CH3][Pt]([CH3])([CH3])[CH3].[Cl-].[Cl-]. The van der Waals surface area contributed by atoms with Gasteiger partial charge in [-0.1, -0.05) is 0 Å². The first-order valence-corrected chi connectivity index (χ1v) is 28.5. The van der Waals surface area contributed by atoms with Gasteiger partial charge in [-0.15, -0.1) is 0 Å². The third-order valence-corrected chi connectivity index (χ3v) is 0.333. The van der Waals surface area contributed by atoms with Gasteiger partial charge in [0.05, 0.1) is 0 Å². The van der Waals surface area contributed by atoms with Crippen LogP contribution >= 0.6 is 0 Å². The average Bonchev–Trinajstić information content (AvgIpc) is 2.10. The van der Waals surface area contributed by atoms with Crippen LogP contribution in [0, 0.1) is 0 Å². The van der Waals surface area contributed by atoms with E-state index in [0.29, 0.717) is 26.2 Å². The van der Waals surface area contributed by atoms with Crippen LogP contribution < -0.4 is 47.7 Å². The molecule has 0 bridgehead atoms. The Bertz CT molecular complexity index is 183. The molecular formula is C14H46Cl2N4Pt2. The molecule has 0 unspecified atom stereocenters. The minimum absolute atomic E-state index is 0. The van der Waals surface area contributed by atoms with Gasteiger partial charge in [0.2, 0.25) is 0 Å². The van der Waals surface area contributed by atoms with Gasteiger partial charge in [-0.2, -0.15) is 0 Å². The number of hydrogen-bond donors (Lipinski definition) is 4. The van der Waals surface area contributed by atoms with Crippen LogP contribution in [0.5, 0.6) is 0 Å². The molecule has 0 aliphatic carbocycles. The summed E-state index contributed by atoms with van der Waals surface area (Å²) in [5.74, 6) is 0. The minimum Gasteiger partial charge on any atom is -1.00 e. The topological polar surface area (TPSA) is 104 Å². The second-order valence-corrected chi connectivity index (χ2v) is 55.5.